The van der Waals surface area contributed by atoms with Crippen molar-refractivity contribution in [2.75, 3.05) is 0 Å². The number of hydrogen-bond acceptors (Lipinski definition) is 5. The second kappa shape index (κ2) is 5.46. The molecule has 0 aliphatic heterocycles. The van der Waals surface area contributed by atoms with Gasteiger partial charge in [-0.25, -0.2) is 0 Å². The summed E-state index contributed by atoms with van der Waals surface area (Å²) < 4.78 is 1.18. The van der Waals surface area contributed by atoms with E-state index in [0.29, 0.717) is 0 Å². The van der Waals surface area contributed by atoms with E-state index in [1.807, 2.05) is 0 Å². The van der Waals surface area contributed by atoms with Crippen LogP contribution < -0.4 is 5.32 Å². The fourth-order valence-corrected chi connectivity index (χ4v) is 1.59. The van der Waals surface area contributed by atoms with Gasteiger partial charge < -0.3 is 10.4 Å². The summed E-state index contributed by atoms with van der Waals surface area (Å²) in [6.45, 7) is 4.01. The Hall–Kier alpha value is -2.45. The molecule has 1 atom stereocenters. The summed E-state index contributed by atoms with van der Waals surface area (Å²) in [6, 6.07) is -1.03. The quantitative estimate of drug-likeness (QED) is 0.572. The van der Waals surface area contributed by atoms with Crippen molar-refractivity contribution >= 4 is 17.6 Å². The number of nitrogens with zero attached hydrogens (tertiary/aromatic N) is 3. The predicted octanol–water partition coefficient (Wildman–Crippen LogP) is -0.00256. The first-order valence-electron chi connectivity index (χ1n) is 5.44. The molecule has 1 rings (SSSR count). The second-order valence-corrected chi connectivity index (χ2v) is 4.06. The van der Waals surface area contributed by atoms with Crippen molar-refractivity contribution in [3.63, 3.8) is 0 Å². The third-order valence-corrected chi connectivity index (χ3v) is 2.57. The average Bonchev–Trinajstić information content (AvgIpc) is 2.53. The molecular weight excluding hydrogens is 256 g/mol. The monoisotopic (exact) mass is 270 g/mol. The zero-order chi connectivity index (χ0) is 14.7. The van der Waals surface area contributed by atoms with E-state index in [9.17, 15) is 19.7 Å². The van der Waals surface area contributed by atoms with Gasteiger partial charge in [-0.3, -0.25) is 24.4 Å². The van der Waals surface area contributed by atoms with E-state index in [-0.39, 0.29) is 23.6 Å². The van der Waals surface area contributed by atoms with E-state index in [1.165, 1.54) is 25.5 Å². The number of nitrogens with one attached hydrogen (secondary N) is 1. The number of carbonyl (C=O) groups excluding carboxylic acids is 1. The highest BCUT2D eigenvalue weighted by Gasteiger charge is 2.23. The van der Waals surface area contributed by atoms with Crippen molar-refractivity contribution in [2.45, 2.75) is 33.4 Å². The maximum atomic E-state index is 11.6. The molecule has 0 spiro atoms. The van der Waals surface area contributed by atoms with Crippen molar-refractivity contribution in [1.29, 1.82) is 0 Å². The number of amides is 1. The minimum absolute atomic E-state index is 0.140. The summed E-state index contributed by atoms with van der Waals surface area (Å²) in [5.74, 6) is -1.73. The van der Waals surface area contributed by atoms with Gasteiger partial charge in [-0.05, 0) is 20.8 Å². The van der Waals surface area contributed by atoms with Crippen molar-refractivity contribution in [1.82, 2.24) is 15.1 Å². The van der Waals surface area contributed by atoms with Gasteiger partial charge in [-0.15, -0.1) is 0 Å². The molecule has 0 aliphatic carbocycles. The topological polar surface area (TPSA) is 127 Å². The lowest BCUT2D eigenvalue weighted by Crippen LogP contribution is -2.40. The van der Waals surface area contributed by atoms with Gasteiger partial charge >= 0.3 is 11.7 Å². The predicted molar refractivity (Wildman–Crippen MR) is 63.6 cm³/mol. The molecule has 0 radical (unpaired) electrons. The van der Waals surface area contributed by atoms with Crippen molar-refractivity contribution in [3.05, 3.63) is 21.5 Å². The number of aryl methyl sites for hydroxylation is 1. The number of nitro groups is 1. The van der Waals surface area contributed by atoms with E-state index in [4.69, 9.17) is 5.11 Å². The van der Waals surface area contributed by atoms with Gasteiger partial charge in [0.25, 0.3) is 0 Å². The molecule has 19 heavy (non-hydrogen) atoms. The van der Waals surface area contributed by atoms with Crippen LogP contribution in [0.2, 0.25) is 0 Å². The average molecular weight is 270 g/mol. The first-order valence-corrected chi connectivity index (χ1v) is 5.44. The lowest BCUT2D eigenvalue weighted by atomic mass is 10.3. The van der Waals surface area contributed by atoms with Gasteiger partial charge in [0.1, 0.15) is 24.0 Å². The number of carbonyl (C=O) groups is 2. The number of rotatable bonds is 5. The van der Waals surface area contributed by atoms with Gasteiger partial charge in [-0.2, -0.15) is 5.10 Å². The Labute approximate surface area is 108 Å². The third-order valence-electron chi connectivity index (χ3n) is 2.57. The summed E-state index contributed by atoms with van der Waals surface area (Å²) in [5.41, 5.74) is 0.321. The Morgan fingerprint density at radius 1 is 1.53 bits per heavy atom. The molecule has 0 fully saturated rings. The Balaban J connectivity index is 2.84. The molecule has 0 aromatic carbocycles. The highest BCUT2D eigenvalue weighted by atomic mass is 16.6. The normalized spacial score (nSPS) is 11.9. The summed E-state index contributed by atoms with van der Waals surface area (Å²) in [7, 11) is 0. The zero-order valence-corrected chi connectivity index (χ0v) is 10.7. The SMILES string of the molecule is Cc1nn(CC(=O)N[C@@H](C)C(=O)O)c(C)c1[N+](=O)[O-]. The molecule has 9 nitrogen and oxygen atoms in total. The number of carboxylic acids is 1. The van der Waals surface area contributed by atoms with E-state index >= 15 is 0 Å². The minimum Gasteiger partial charge on any atom is -0.480 e. The first-order chi connectivity index (χ1) is 8.73. The van der Waals surface area contributed by atoms with E-state index < -0.39 is 22.8 Å². The Bertz CT molecular complexity index is 536. The largest absolute Gasteiger partial charge is 0.480 e. The molecule has 0 unspecified atom stereocenters. The number of carboxylic acid groups (broad SMARTS) is 1. The maximum Gasteiger partial charge on any atom is 0.325 e. The molecule has 9 heteroatoms. The fraction of sp³-hybridized carbons (Fsp3) is 0.500. The zero-order valence-electron chi connectivity index (χ0n) is 10.7. The van der Waals surface area contributed by atoms with Gasteiger partial charge in [0.05, 0.1) is 4.92 Å². The molecule has 0 aliphatic rings. The fourth-order valence-electron chi connectivity index (χ4n) is 1.59. The third kappa shape index (κ3) is 3.27. The summed E-state index contributed by atoms with van der Waals surface area (Å²) >= 11 is 0. The van der Waals surface area contributed by atoms with Crippen LogP contribution in [0.25, 0.3) is 0 Å². The Kier molecular flexibility index (Phi) is 4.20. The first kappa shape index (κ1) is 14.6. The van der Waals surface area contributed by atoms with Crippen molar-refractivity contribution in [3.8, 4) is 0 Å². The minimum atomic E-state index is -1.16. The molecular formula is C10H14N4O5. The number of aliphatic carboxylic acids is 1. The van der Waals surface area contributed by atoms with Crippen LogP contribution >= 0.6 is 0 Å². The number of aromatic nitrogens is 2. The molecule has 1 aromatic heterocycles. The van der Waals surface area contributed by atoms with Crippen LogP contribution in [0.5, 0.6) is 0 Å². The maximum absolute atomic E-state index is 11.6. The Morgan fingerprint density at radius 3 is 2.53 bits per heavy atom. The Morgan fingerprint density at radius 2 is 2.11 bits per heavy atom. The van der Waals surface area contributed by atoms with Crippen LogP contribution in [0.1, 0.15) is 18.3 Å². The highest BCUT2D eigenvalue weighted by Crippen LogP contribution is 2.21. The smallest absolute Gasteiger partial charge is 0.325 e. The van der Waals surface area contributed by atoms with Crippen LogP contribution in [-0.2, 0) is 16.1 Å². The molecule has 1 amide bonds. The summed E-state index contributed by atoms with van der Waals surface area (Å²) in [5, 5.41) is 25.6. The molecule has 0 bridgehead atoms. The molecule has 2 N–H and O–H groups in total. The molecule has 0 saturated carbocycles. The van der Waals surface area contributed by atoms with Crippen molar-refractivity contribution < 1.29 is 19.6 Å². The van der Waals surface area contributed by atoms with E-state index in [0.717, 1.165) is 0 Å². The summed E-state index contributed by atoms with van der Waals surface area (Å²) in [4.78, 5) is 32.4. The summed E-state index contributed by atoms with van der Waals surface area (Å²) in [6.07, 6.45) is 0. The van der Waals surface area contributed by atoms with Crippen LogP contribution in [0.3, 0.4) is 0 Å². The van der Waals surface area contributed by atoms with E-state index in [1.54, 1.807) is 0 Å². The van der Waals surface area contributed by atoms with Crippen molar-refractivity contribution in [2.24, 2.45) is 0 Å². The van der Waals surface area contributed by atoms with Gasteiger partial charge in [0, 0.05) is 0 Å². The van der Waals surface area contributed by atoms with Crippen LogP contribution in [0.15, 0.2) is 0 Å². The van der Waals surface area contributed by atoms with Crippen LogP contribution in [0, 0.1) is 24.0 Å². The lowest BCUT2D eigenvalue weighted by molar-refractivity contribution is -0.386. The second-order valence-electron chi connectivity index (χ2n) is 4.06. The lowest BCUT2D eigenvalue weighted by Gasteiger charge is -2.09. The van der Waals surface area contributed by atoms with E-state index in [2.05, 4.69) is 10.4 Å². The van der Waals surface area contributed by atoms with Gasteiger partial charge in [0.2, 0.25) is 5.91 Å². The molecule has 104 valence electrons. The van der Waals surface area contributed by atoms with Gasteiger partial charge in [-0.1, -0.05) is 0 Å². The highest BCUT2D eigenvalue weighted by molar-refractivity contribution is 5.83. The number of hydrogen-bond donors (Lipinski definition) is 2. The molecule has 0 saturated heterocycles. The van der Waals surface area contributed by atoms with Crippen LogP contribution in [-0.4, -0.2) is 37.7 Å². The molecule has 1 heterocycles. The standard InChI is InChI=1S/C10H14N4O5/c1-5-9(14(18)19)7(3)13(12-5)4-8(15)11-6(2)10(16)17/h6H,4H2,1-3H3,(H,11,15)(H,16,17)/t6-/m0/s1. The van der Waals surface area contributed by atoms with Gasteiger partial charge in [0.15, 0.2) is 0 Å². The molecule has 1 aromatic rings. The van der Waals surface area contributed by atoms with Crippen LogP contribution in [0.4, 0.5) is 5.69 Å².